The Bertz CT molecular complexity index is 1610. The number of phosphoric ester groups is 1. The molecule has 0 saturated heterocycles. The number of carbonyl (C=O) groups excluding carboxylic acids is 2. The molecular formula is C68H124N2O7P+. The fraction of sp³-hybridized carbons (Fsp3) is 0.765. The smallest absolute Gasteiger partial charge is 0.456 e. The SMILES string of the molecule is CCCCC/C=C\C/C=C\C/C=C\CCCCCCCCCCC(=O)NC(COP(=O)(O)OCC[N+](C)(C)C)C(/C=C/CCCCCCCCCCCC)OC(=O)CCCCCCCC/C=C\C/C=C\C/C=C\CCCCC. The largest absolute Gasteiger partial charge is 0.472 e. The highest BCUT2D eigenvalue weighted by atomic mass is 31.2. The number of nitrogens with zero attached hydrogens (tertiary/aromatic N) is 1. The van der Waals surface area contributed by atoms with E-state index in [1.54, 1.807) is 0 Å². The van der Waals surface area contributed by atoms with Crippen LogP contribution in [-0.2, 0) is 27.9 Å². The van der Waals surface area contributed by atoms with Crippen LogP contribution in [0.4, 0.5) is 0 Å². The third kappa shape index (κ3) is 57.9. The molecule has 78 heavy (non-hydrogen) atoms. The molecule has 0 aliphatic heterocycles. The Morgan fingerprint density at radius 2 is 0.782 bits per heavy atom. The minimum Gasteiger partial charge on any atom is -0.456 e. The molecule has 0 spiro atoms. The highest BCUT2D eigenvalue weighted by Crippen LogP contribution is 2.43. The van der Waals surface area contributed by atoms with Gasteiger partial charge in [-0.2, -0.15) is 0 Å². The molecule has 0 radical (unpaired) electrons. The molecule has 1 amide bonds. The van der Waals surface area contributed by atoms with Crippen LogP contribution in [0, 0.1) is 0 Å². The van der Waals surface area contributed by atoms with E-state index >= 15 is 0 Å². The number of phosphoric acid groups is 1. The van der Waals surface area contributed by atoms with E-state index in [4.69, 9.17) is 13.8 Å². The van der Waals surface area contributed by atoms with Crippen LogP contribution in [0.3, 0.4) is 0 Å². The van der Waals surface area contributed by atoms with Crippen LogP contribution in [0.1, 0.15) is 284 Å². The zero-order chi connectivity index (χ0) is 57.2. The number of nitrogens with one attached hydrogen (secondary N) is 1. The maximum Gasteiger partial charge on any atom is 0.472 e. The molecule has 452 valence electrons. The van der Waals surface area contributed by atoms with E-state index in [1.807, 2.05) is 33.3 Å². The Morgan fingerprint density at radius 3 is 1.19 bits per heavy atom. The minimum atomic E-state index is -4.46. The van der Waals surface area contributed by atoms with E-state index in [-0.39, 0.29) is 31.5 Å². The lowest BCUT2D eigenvalue weighted by Gasteiger charge is -2.27. The molecule has 3 unspecified atom stereocenters. The third-order valence-electron chi connectivity index (χ3n) is 14.1. The van der Waals surface area contributed by atoms with Crippen molar-refractivity contribution in [3.8, 4) is 0 Å². The average Bonchev–Trinajstić information content (AvgIpc) is 3.40. The maximum absolute atomic E-state index is 13.6. The van der Waals surface area contributed by atoms with Gasteiger partial charge in [-0.3, -0.25) is 18.6 Å². The first-order valence-corrected chi connectivity index (χ1v) is 33.9. The first kappa shape index (κ1) is 75.2. The fourth-order valence-corrected chi connectivity index (χ4v) is 9.75. The van der Waals surface area contributed by atoms with Gasteiger partial charge in [0.25, 0.3) is 0 Å². The number of amides is 1. The molecular weight excluding hydrogens is 988 g/mol. The topological polar surface area (TPSA) is 111 Å². The summed E-state index contributed by atoms with van der Waals surface area (Å²) in [4.78, 5) is 37.8. The van der Waals surface area contributed by atoms with Crippen LogP contribution < -0.4 is 5.32 Å². The molecule has 0 aromatic heterocycles. The van der Waals surface area contributed by atoms with Crippen molar-refractivity contribution in [2.75, 3.05) is 40.9 Å². The zero-order valence-electron chi connectivity index (χ0n) is 51.6. The van der Waals surface area contributed by atoms with E-state index in [9.17, 15) is 19.0 Å². The molecule has 3 atom stereocenters. The fourth-order valence-electron chi connectivity index (χ4n) is 9.01. The molecule has 0 bridgehead atoms. The Kier molecular flexibility index (Phi) is 55.4. The quantitative estimate of drug-likeness (QED) is 0.0205. The van der Waals surface area contributed by atoms with Crippen molar-refractivity contribution in [3.63, 3.8) is 0 Å². The van der Waals surface area contributed by atoms with Crippen LogP contribution in [0.2, 0.25) is 0 Å². The van der Waals surface area contributed by atoms with Crippen LogP contribution in [0.25, 0.3) is 0 Å². The summed E-state index contributed by atoms with van der Waals surface area (Å²) in [6, 6.07) is -0.862. The van der Waals surface area contributed by atoms with Gasteiger partial charge in [0.15, 0.2) is 0 Å². The van der Waals surface area contributed by atoms with E-state index in [0.29, 0.717) is 17.4 Å². The van der Waals surface area contributed by atoms with Gasteiger partial charge < -0.3 is 19.4 Å². The summed E-state index contributed by atoms with van der Waals surface area (Å²) in [6.07, 6.45) is 75.7. The lowest BCUT2D eigenvalue weighted by Crippen LogP contribution is -2.47. The molecule has 10 heteroatoms. The molecule has 0 fully saturated rings. The van der Waals surface area contributed by atoms with Gasteiger partial charge in [0.05, 0.1) is 33.8 Å². The maximum atomic E-state index is 13.6. The molecule has 0 saturated carbocycles. The molecule has 2 N–H and O–H groups in total. The van der Waals surface area contributed by atoms with Gasteiger partial charge in [0, 0.05) is 12.8 Å². The number of ether oxygens (including phenoxy) is 1. The standard InChI is InChI=1S/C68H123N2O7P/c1-7-10-13-16-19-22-25-28-30-32-34-35-37-38-40-42-45-48-51-54-57-60-67(71)69-65(64-76-78(73,74)75-63-62-70(4,5)6)66(59-56-53-50-47-44-27-24-21-18-15-12-9-3)77-68(72)61-58-55-52-49-46-43-41-39-36-33-31-29-26-23-20-17-14-11-8-2/h19-20,22-23,28-31,34-36,39,56,59,65-66H,7-18,21,24-27,32-33,37-38,40-55,57-58,60-64H2,1-6H3,(H-,69,71,73,74)/p+1/b22-19-,23-20-,30-28-,31-29-,35-34-,39-36-,59-56+. The van der Waals surface area contributed by atoms with Crippen molar-refractivity contribution in [2.24, 2.45) is 0 Å². The summed E-state index contributed by atoms with van der Waals surface area (Å²) in [5.41, 5.74) is 0. The Morgan fingerprint density at radius 1 is 0.449 bits per heavy atom. The van der Waals surface area contributed by atoms with E-state index in [1.165, 1.54) is 141 Å². The number of likely N-dealkylation sites (N-methyl/N-ethyl adjacent to an activating group) is 1. The van der Waals surface area contributed by atoms with Gasteiger partial charge in [-0.1, -0.05) is 247 Å². The molecule has 0 aliphatic rings. The van der Waals surface area contributed by atoms with Gasteiger partial charge in [0.1, 0.15) is 19.3 Å². The number of carbonyl (C=O) groups is 2. The van der Waals surface area contributed by atoms with Gasteiger partial charge in [-0.25, -0.2) is 4.57 Å². The molecule has 0 aliphatic carbocycles. The van der Waals surface area contributed by atoms with Crippen molar-refractivity contribution in [1.82, 2.24) is 5.32 Å². The van der Waals surface area contributed by atoms with E-state index in [0.717, 1.165) is 109 Å². The normalized spacial score (nSPS) is 14.2. The van der Waals surface area contributed by atoms with Crippen LogP contribution in [0.5, 0.6) is 0 Å². The Hall–Kier alpha value is -2.81. The number of allylic oxidation sites excluding steroid dienone is 13. The molecule has 0 aromatic rings. The molecule has 0 rings (SSSR count). The summed E-state index contributed by atoms with van der Waals surface area (Å²) >= 11 is 0. The molecule has 0 heterocycles. The van der Waals surface area contributed by atoms with Crippen LogP contribution in [-0.4, -0.2) is 74.3 Å². The second kappa shape index (κ2) is 57.4. The van der Waals surface area contributed by atoms with E-state index < -0.39 is 20.0 Å². The van der Waals surface area contributed by atoms with Gasteiger partial charge in [-0.05, 0) is 109 Å². The van der Waals surface area contributed by atoms with Crippen molar-refractivity contribution >= 4 is 19.7 Å². The van der Waals surface area contributed by atoms with Gasteiger partial charge >= 0.3 is 13.8 Å². The number of unbranched alkanes of at least 4 members (excludes halogenated alkanes) is 30. The number of quaternary nitrogens is 1. The first-order chi connectivity index (χ1) is 37.9. The van der Waals surface area contributed by atoms with Crippen molar-refractivity contribution in [1.29, 1.82) is 0 Å². The highest BCUT2D eigenvalue weighted by Gasteiger charge is 2.30. The summed E-state index contributed by atoms with van der Waals surface area (Å²) in [5.74, 6) is -0.527. The first-order valence-electron chi connectivity index (χ1n) is 32.4. The van der Waals surface area contributed by atoms with E-state index in [2.05, 4.69) is 99.0 Å². The minimum absolute atomic E-state index is 0.0331. The lowest BCUT2D eigenvalue weighted by atomic mass is 10.0. The third-order valence-corrected chi connectivity index (χ3v) is 15.0. The summed E-state index contributed by atoms with van der Waals surface area (Å²) in [7, 11) is 1.48. The van der Waals surface area contributed by atoms with Crippen molar-refractivity contribution in [3.05, 3.63) is 85.1 Å². The predicted octanol–water partition coefficient (Wildman–Crippen LogP) is 20.2. The number of rotatable bonds is 58. The van der Waals surface area contributed by atoms with Crippen molar-refractivity contribution in [2.45, 2.75) is 296 Å². The summed E-state index contributed by atoms with van der Waals surface area (Å²) in [6.45, 7) is 6.95. The van der Waals surface area contributed by atoms with Crippen LogP contribution >= 0.6 is 7.82 Å². The monoisotopic (exact) mass is 1110 g/mol. The lowest BCUT2D eigenvalue weighted by molar-refractivity contribution is -0.870. The second-order valence-corrected chi connectivity index (χ2v) is 24.4. The van der Waals surface area contributed by atoms with Crippen LogP contribution in [0.15, 0.2) is 85.1 Å². The Balaban J connectivity index is 5.25. The number of esters is 1. The van der Waals surface area contributed by atoms with Crippen molar-refractivity contribution < 1.29 is 37.3 Å². The van der Waals surface area contributed by atoms with Gasteiger partial charge in [-0.15, -0.1) is 0 Å². The summed E-state index contributed by atoms with van der Waals surface area (Å²) in [5, 5.41) is 3.05. The second-order valence-electron chi connectivity index (χ2n) is 22.9. The predicted molar refractivity (Wildman–Crippen MR) is 337 cm³/mol. The number of hydrogen-bond donors (Lipinski definition) is 2. The van der Waals surface area contributed by atoms with Gasteiger partial charge in [0.2, 0.25) is 5.91 Å². The molecule has 9 nitrogen and oxygen atoms in total. The number of hydrogen-bond acceptors (Lipinski definition) is 6. The zero-order valence-corrected chi connectivity index (χ0v) is 52.5. The molecule has 0 aromatic carbocycles. The highest BCUT2D eigenvalue weighted by molar-refractivity contribution is 7.47. The Labute approximate surface area is 482 Å². The average molecular weight is 1110 g/mol. The summed E-state index contributed by atoms with van der Waals surface area (Å²) < 4.78 is 30.7.